The minimum absolute atomic E-state index is 0.156. The Labute approximate surface area is 153 Å². The van der Waals surface area contributed by atoms with Gasteiger partial charge in [0, 0.05) is 6.07 Å². The van der Waals surface area contributed by atoms with Gasteiger partial charge in [-0.05, 0) is 36.4 Å². The lowest BCUT2D eigenvalue weighted by Gasteiger charge is -2.11. The number of benzene rings is 1. The monoisotopic (exact) mass is 385 g/mol. The zero-order valence-corrected chi connectivity index (χ0v) is 15.4. The molecule has 9 heteroatoms. The minimum Gasteiger partial charge on any atom is -0.493 e. The van der Waals surface area contributed by atoms with Gasteiger partial charge in [-0.1, -0.05) is 11.6 Å². The van der Waals surface area contributed by atoms with E-state index in [2.05, 4.69) is 0 Å². The maximum Gasteiger partial charge on any atom is 0.326 e. The molecule has 7 nitrogen and oxygen atoms in total. The lowest BCUT2D eigenvalue weighted by atomic mass is 10.1. The van der Waals surface area contributed by atoms with Gasteiger partial charge in [-0.3, -0.25) is 19.3 Å². The number of hydrogen-bond donors (Lipinski definition) is 0. The zero-order valence-electron chi connectivity index (χ0n) is 13.8. The molecule has 1 saturated heterocycles. The molecule has 1 aromatic carbocycles. The van der Waals surface area contributed by atoms with Gasteiger partial charge >= 0.3 is 5.97 Å². The maximum absolute atomic E-state index is 12.4. The van der Waals surface area contributed by atoms with E-state index in [9.17, 15) is 14.4 Å². The highest BCUT2D eigenvalue weighted by atomic mass is 35.5. The average Bonchev–Trinajstić information content (AvgIpc) is 2.84. The third kappa shape index (κ3) is 4.26. The summed E-state index contributed by atoms with van der Waals surface area (Å²) < 4.78 is 15.1. The molecular weight excluding hydrogens is 370 g/mol. The van der Waals surface area contributed by atoms with Crippen LogP contribution in [0.1, 0.15) is 12.5 Å². The number of thioether (sulfide) groups is 1. The van der Waals surface area contributed by atoms with Crippen LogP contribution in [0.4, 0.5) is 4.79 Å². The number of imide groups is 1. The summed E-state index contributed by atoms with van der Waals surface area (Å²) in [5.74, 6) is -0.340. The molecule has 0 bridgehead atoms. The number of halogens is 1. The molecule has 134 valence electrons. The number of carbonyl (C=O) groups is 3. The van der Waals surface area contributed by atoms with Gasteiger partial charge in [-0.25, -0.2) is 0 Å². The molecule has 25 heavy (non-hydrogen) atoms. The van der Waals surface area contributed by atoms with Gasteiger partial charge in [0.15, 0.2) is 11.5 Å². The number of hydrogen-bond acceptors (Lipinski definition) is 7. The lowest BCUT2D eigenvalue weighted by Crippen LogP contribution is -2.34. The van der Waals surface area contributed by atoms with Crippen molar-refractivity contribution in [3.8, 4) is 11.5 Å². The van der Waals surface area contributed by atoms with Crippen LogP contribution in [0.15, 0.2) is 17.0 Å². The van der Waals surface area contributed by atoms with E-state index in [4.69, 9.17) is 25.8 Å². The Morgan fingerprint density at radius 3 is 2.48 bits per heavy atom. The third-order valence-electron chi connectivity index (χ3n) is 3.26. The highest BCUT2D eigenvalue weighted by Gasteiger charge is 2.36. The summed E-state index contributed by atoms with van der Waals surface area (Å²) in [6.07, 6.45) is 1.47. The van der Waals surface area contributed by atoms with Crippen molar-refractivity contribution in [2.75, 3.05) is 27.4 Å². The maximum atomic E-state index is 12.4. The van der Waals surface area contributed by atoms with Gasteiger partial charge in [-0.2, -0.15) is 0 Å². The fraction of sp³-hybridized carbons (Fsp3) is 0.312. The number of esters is 1. The van der Waals surface area contributed by atoms with Crippen LogP contribution in [0.3, 0.4) is 0 Å². The van der Waals surface area contributed by atoms with Crippen LogP contribution in [0, 0.1) is 0 Å². The minimum atomic E-state index is -0.643. The molecule has 1 aromatic rings. The summed E-state index contributed by atoms with van der Waals surface area (Å²) in [6, 6.07) is 3.15. The van der Waals surface area contributed by atoms with E-state index in [0.717, 1.165) is 16.7 Å². The predicted molar refractivity (Wildman–Crippen MR) is 93.9 cm³/mol. The van der Waals surface area contributed by atoms with Crippen LogP contribution in [-0.4, -0.2) is 49.4 Å². The normalized spacial score (nSPS) is 15.7. The number of methoxy groups -OCH3 is 2. The Bertz CT molecular complexity index is 748. The number of rotatable bonds is 6. The van der Waals surface area contributed by atoms with E-state index in [0.29, 0.717) is 22.1 Å². The molecule has 0 saturated carbocycles. The van der Waals surface area contributed by atoms with Gasteiger partial charge in [0.1, 0.15) is 6.54 Å². The fourth-order valence-corrected chi connectivity index (χ4v) is 3.13. The molecule has 1 aliphatic heterocycles. The number of amides is 2. The van der Waals surface area contributed by atoms with Crippen molar-refractivity contribution in [1.29, 1.82) is 0 Å². The molecule has 1 aliphatic rings. The largest absolute Gasteiger partial charge is 0.493 e. The van der Waals surface area contributed by atoms with Crippen LogP contribution in [0.2, 0.25) is 5.02 Å². The summed E-state index contributed by atoms with van der Waals surface area (Å²) in [5.41, 5.74) is 0.487. The van der Waals surface area contributed by atoms with Gasteiger partial charge < -0.3 is 14.2 Å². The van der Waals surface area contributed by atoms with Crippen molar-refractivity contribution in [2.24, 2.45) is 0 Å². The highest BCUT2D eigenvalue weighted by Crippen LogP contribution is 2.37. The molecule has 1 fully saturated rings. The van der Waals surface area contributed by atoms with Crippen molar-refractivity contribution in [2.45, 2.75) is 6.92 Å². The summed E-state index contributed by atoms with van der Waals surface area (Å²) in [4.78, 5) is 36.8. The van der Waals surface area contributed by atoms with Gasteiger partial charge in [0.05, 0.1) is 30.8 Å². The molecule has 0 spiro atoms. The van der Waals surface area contributed by atoms with Crippen LogP contribution in [0.25, 0.3) is 6.08 Å². The standard InChI is InChI=1S/C16H16ClNO6S/c1-4-24-14(19)8-18-15(20)13(25-16(18)21)6-9-5-11(22-2)12(23-3)7-10(9)17/h5-7H,4,8H2,1-3H3. The van der Waals surface area contributed by atoms with Crippen molar-refractivity contribution in [3.05, 3.63) is 27.6 Å². The molecule has 0 radical (unpaired) electrons. The Hall–Kier alpha value is -2.19. The summed E-state index contributed by atoms with van der Waals surface area (Å²) >= 11 is 6.92. The van der Waals surface area contributed by atoms with Gasteiger partial charge in [-0.15, -0.1) is 0 Å². The number of carbonyl (C=O) groups excluding carboxylic acids is 3. The lowest BCUT2D eigenvalue weighted by molar-refractivity contribution is -0.145. The summed E-state index contributed by atoms with van der Waals surface area (Å²) in [6.45, 7) is 1.40. The first kappa shape index (κ1) is 19.1. The molecule has 1 heterocycles. The summed E-state index contributed by atoms with van der Waals surface area (Å²) in [7, 11) is 2.96. The van der Waals surface area contributed by atoms with Crippen molar-refractivity contribution >= 4 is 46.6 Å². The Morgan fingerprint density at radius 1 is 1.24 bits per heavy atom. The van der Waals surface area contributed by atoms with E-state index in [-0.39, 0.29) is 11.5 Å². The van der Waals surface area contributed by atoms with E-state index < -0.39 is 23.7 Å². The highest BCUT2D eigenvalue weighted by molar-refractivity contribution is 8.18. The average molecular weight is 386 g/mol. The Balaban J connectivity index is 2.29. The van der Waals surface area contributed by atoms with Crippen LogP contribution < -0.4 is 9.47 Å². The first-order chi connectivity index (χ1) is 11.9. The molecule has 2 amide bonds. The summed E-state index contributed by atoms with van der Waals surface area (Å²) in [5, 5.41) is -0.212. The Morgan fingerprint density at radius 2 is 1.88 bits per heavy atom. The van der Waals surface area contributed by atoms with Crippen molar-refractivity contribution in [3.63, 3.8) is 0 Å². The first-order valence-electron chi connectivity index (χ1n) is 7.23. The second-order valence-electron chi connectivity index (χ2n) is 4.80. The Kier molecular flexibility index (Phi) is 6.33. The van der Waals surface area contributed by atoms with Gasteiger partial charge in [0.25, 0.3) is 11.1 Å². The molecule has 0 aromatic heterocycles. The molecule has 0 aliphatic carbocycles. The first-order valence-corrected chi connectivity index (χ1v) is 8.43. The quantitative estimate of drug-likeness (QED) is 0.550. The van der Waals surface area contributed by atoms with Gasteiger partial charge in [0.2, 0.25) is 0 Å². The van der Waals surface area contributed by atoms with Crippen molar-refractivity contribution in [1.82, 2.24) is 4.90 Å². The van der Waals surface area contributed by atoms with Crippen LogP contribution in [-0.2, 0) is 14.3 Å². The second-order valence-corrected chi connectivity index (χ2v) is 6.20. The van der Waals surface area contributed by atoms with E-state index in [1.165, 1.54) is 20.3 Å². The van der Waals surface area contributed by atoms with Crippen LogP contribution in [0.5, 0.6) is 11.5 Å². The second kappa shape index (κ2) is 8.26. The predicted octanol–water partition coefficient (Wildman–Crippen LogP) is 2.96. The smallest absolute Gasteiger partial charge is 0.326 e. The van der Waals surface area contributed by atoms with Crippen molar-refractivity contribution < 1.29 is 28.6 Å². The van der Waals surface area contributed by atoms with E-state index in [1.54, 1.807) is 19.1 Å². The molecular formula is C16H16ClNO6S. The van der Waals surface area contributed by atoms with Crippen LogP contribution >= 0.6 is 23.4 Å². The number of ether oxygens (including phenoxy) is 3. The SMILES string of the molecule is CCOC(=O)CN1C(=O)SC(=Cc2cc(OC)c(OC)cc2Cl)C1=O. The van der Waals surface area contributed by atoms with E-state index >= 15 is 0 Å². The fourth-order valence-electron chi connectivity index (χ4n) is 2.09. The molecule has 0 unspecified atom stereocenters. The number of nitrogens with zero attached hydrogens (tertiary/aromatic N) is 1. The zero-order chi connectivity index (χ0) is 18.6. The molecule has 0 atom stereocenters. The molecule has 2 rings (SSSR count). The topological polar surface area (TPSA) is 82.1 Å². The van der Waals surface area contributed by atoms with E-state index in [1.807, 2.05) is 0 Å². The third-order valence-corrected chi connectivity index (χ3v) is 4.49. The molecule has 0 N–H and O–H groups in total.